The van der Waals surface area contributed by atoms with Gasteiger partial charge in [-0.25, -0.2) is 0 Å². The van der Waals surface area contributed by atoms with Gasteiger partial charge in [-0.2, -0.15) is 5.26 Å². The van der Waals surface area contributed by atoms with E-state index in [1.54, 1.807) is 31.4 Å². The van der Waals surface area contributed by atoms with Crippen molar-refractivity contribution in [3.63, 3.8) is 0 Å². The number of rotatable bonds is 7. The molecule has 0 heterocycles. The lowest BCUT2D eigenvalue weighted by molar-refractivity contribution is -0.117. The third kappa shape index (κ3) is 5.77. The molecule has 2 aromatic rings. The van der Waals surface area contributed by atoms with Gasteiger partial charge in [-0.15, -0.1) is 0 Å². The number of halogens is 1. The fourth-order valence-electron chi connectivity index (χ4n) is 3.49. The number of nitrogens with zero attached hydrogens (tertiary/aromatic N) is 1. The topological polar surface area (TPSA) is 71.3 Å². The molecule has 3 rings (SSSR count). The average Bonchev–Trinajstić information content (AvgIpc) is 2.77. The van der Waals surface area contributed by atoms with Crippen LogP contribution in [0.3, 0.4) is 0 Å². The standard InChI is InChI=1S/C24H25ClN2O3/c1-29-23-14-17(11-12-22(23)30-16-18-7-5-6-10-21(18)25)13-19(15-26)24(28)27-20-8-3-2-4-9-20/h5-7,10-14,20H,2-4,8-9,16H2,1H3,(H,27,28). The first-order valence-electron chi connectivity index (χ1n) is 10.1. The summed E-state index contributed by atoms with van der Waals surface area (Å²) in [5.74, 6) is 0.739. The number of carbonyl (C=O) groups excluding carboxylic acids is 1. The number of hydrogen-bond donors (Lipinski definition) is 1. The smallest absolute Gasteiger partial charge is 0.262 e. The molecule has 0 bridgehead atoms. The zero-order chi connectivity index (χ0) is 21.3. The van der Waals surface area contributed by atoms with E-state index < -0.39 is 0 Å². The molecule has 0 aromatic heterocycles. The molecule has 30 heavy (non-hydrogen) atoms. The second-order valence-corrected chi connectivity index (χ2v) is 7.68. The van der Waals surface area contributed by atoms with Crippen LogP contribution in [-0.4, -0.2) is 19.1 Å². The minimum absolute atomic E-state index is 0.0763. The zero-order valence-corrected chi connectivity index (χ0v) is 17.7. The molecule has 0 atom stereocenters. The number of carbonyl (C=O) groups is 1. The van der Waals surface area contributed by atoms with E-state index in [0.29, 0.717) is 28.7 Å². The maximum atomic E-state index is 12.5. The Morgan fingerprint density at radius 2 is 1.97 bits per heavy atom. The molecular weight excluding hydrogens is 400 g/mol. The number of benzene rings is 2. The van der Waals surface area contributed by atoms with Crippen molar-refractivity contribution in [3.8, 4) is 17.6 Å². The Balaban J connectivity index is 1.71. The summed E-state index contributed by atoms with van der Waals surface area (Å²) in [4.78, 5) is 12.5. The quantitative estimate of drug-likeness (QED) is 0.484. The highest BCUT2D eigenvalue weighted by Gasteiger charge is 2.18. The van der Waals surface area contributed by atoms with Gasteiger partial charge in [0.2, 0.25) is 0 Å². The SMILES string of the molecule is COc1cc(C=C(C#N)C(=O)NC2CCCCC2)ccc1OCc1ccccc1Cl. The molecule has 0 aliphatic heterocycles. The van der Waals surface area contributed by atoms with Crippen molar-refractivity contribution in [2.75, 3.05) is 7.11 Å². The highest BCUT2D eigenvalue weighted by Crippen LogP contribution is 2.30. The van der Waals surface area contributed by atoms with Crippen LogP contribution < -0.4 is 14.8 Å². The second-order valence-electron chi connectivity index (χ2n) is 7.27. The summed E-state index contributed by atoms with van der Waals surface area (Å²) in [5.41, 5.74) is 1.64. The Kier molecular flexibility index (Phi) is 7.75. The van der Waals surface area contributed by atoms with E-state index in [9.17, 15) is 10.1 Å². The van der Waals surface area contributed by atoms with Crippen LogP contribution in [0.1, 0.15) is 43.2 Å². The van der Waals surface area contributed by atoms with Crippen molar-refractivity contribution in [1.29, 1.82) is 5.26 Å². The third-order valence-corrected chi connectivity index (χ3v) is 5.51. The van der Waals surface area contributed by atoms with Crippen LogP contribution in [0.4, 0.5) is 0 Å². The number of ether oxygens (including phenoxy) is 2. The van der Waals surface area contributed by atoms with Crippen LogP contribution in [0, 0.1) is 11.3 Å². The molecule has 0 radical (unpaired) electrons. The van der Waals surface area contributed by atoms with Crippen molar-refractivity contribution >= 4 is 23.6 Å². The molecular formula is C24H25ClN2O3. The van der Waals surface area contributed by atoms with Gasteiger partial charge < -0.3 is 14.8 Å². The average molecular weight is 425 g/mol. The maximum absolute atomic E-state index is 12.5. The lowest BCUT2D eigenvalue weighted by Gasteiger charge is -2.22. The Morgan fingerprint density at radius 3 is 2.67 bits per heavy atom. The number of nitrogens with one attached hydrogen (secondary N) is 1. The van der Waals surface area contributed by atoms with Crippen LogP contribution in [0.5, 0.6) is 11.5 Å². The van der Waals surface area contributed by atoms with Gasteiger partial charge in [0.05, 0.1) is 7.11 Å². The molecule has 6 heteroatoms. The van der Waals surface area contributed by atoms with Crippen LogP contribution in [0.2, 0.25) is 5.02 Å². The van der Waals surface area contributed by atoms with Crippen molar-refractivity contribution in [1.82, 2.24) is 5.32 Å². The second kappa shape index (κ2) is 10.7. The van der Waals surface area contributed by atoms with Gasteiger partial charge in [-0.3, -0.25) is 4.79 Å². The van der Waals surface area contributed by atoms with E-state index in [1.165, 1.54) is 6.42 Å². The summed E-state index contributed by atoms with van der Waals surface area (Å²) in [6, 6.07) is 14.9. The lowest BCUT2D eigenvalue weighted by Crippen LogP contribution is -2.36. The first-order chi connectivity index (χ1) is 14.6. The largest absolute Gasteiger partial charge is 0.493 e. The summed E-state index contributed by atoms with van der Waals surface area (Å²) >= 11 is 6.17. The monoisotopic (exact) mass is 424 g/mol. The molecule has 5 nitrogen and oxygen atoms in total. The number of amides is 1. The highest BCUT2D eigenvalue weighted by atomic mass is 35.5. The molecule has 1 N–H and O–H groups in total. The molecule has 1 saturated carbocycles. The Hall–Kier alpha value is -2.97. The number of methoxy groups -OCH3 is 1. The minimum Gasteiger partial charge on any atom is -0.493 e. The van der Waals surface area contributed by atoms with Gasteiger partial charge in [0.15, 0.2) is 11.5 Å². The van der Waals surface area contributed by atoms with E-state index in [2.05, 4.69) is 5.32 Å². The lowest BCUT2D eigenvalue weighted by atomic mass is 9.95. The highest BCUT2D eigenvalue weighted by molar-refractivity contribution is 6.31. The van der Waals surface area contributed by atoms with E-state index >= 15 is 0 Å². The van der Waals surface area contributed by atoms with Gasteiger partial charge in [0.1, 0.15) is 18.2 Å². The van der Waals surface area contributed by atoms with Crippen LogP contribution >= 0.6 is 11.6 Å². The van der Waals surface area contributed by atoms with Crippen molar-refractivity contribution in [3.05, 3.63) is 64.2 Å². The van der Waals surface area contributed by atoms with Gasteiger partial charge in [-0.1, -0.05) is 55.1 Å². The van der Waals surface area contributed by atoms with Crippen LogP contribution in [0.25, 0.3) is 6.08 Å². The zero-order valence-electron chi connectivity index (χ0n) is 17.0. The summed E-state index contributed by atoms with van der Waals surface area (Å²) in [6.45, 7) is 0.304. The molecule has 1 amide bonds. The fourth-order valence-corrected chi connectivity index (χ4v) is 3.68. The number of nitriles is 1. The normalized spacial score (nSPS) is 14.6. The van der Waals surface area contributed by atoms with Crippen molar-refractivity contribution in [2.45, 2.75) is 44.8 Å². The first-order valence-corrected chi connectivity index (χ1v) is 10.5. The molecule has 1 aliphatic rings. The molecule has 0 spiro atoms. The molecule has 156 valence electrons. The maximum Gasteiger partial charge on any atom is 0.262 e. The van der Waals surface area contributed by atoms with Crippen LogP contribution in [-0.2, 0) is 11.4 Å². The minimum atomic E-state index is -0.331. The van der Waals surface area contributed by atoms with Gasteiger partial charge in [0, 0.05) is 16.6 Å². The summed E-state index contributed by atoms with van der Waals surface area (Å²) < 4.78 is 11.3. The summed E-state index contributed by atoms with van der Waals surface area (Å²) in [5, 5.41) is 13.1. The molecule has 0 unspecified atom stereocenters. The summed E-state index contributed by atoms with van der Waals surface area (Å²) in [6.07, 6.45) is 6.94. The summed E-state index contributed by atoms with van der Waals surface area (Å²) in [7, 11) is 1.55. The Bertz CT molecular complexity index is 959. The van der Waals surface area contributed by atoms with E-state index in [0.717, 1.165) is 31.2 Å². The van der Waals surface area contributed by atoms with E-state index in [-0.39, 0.29) is 17.5 Å². The van der Waals surface area contributed by atoms with Gasteiger partial charge >= 0.3 is 0 Å². The Morgan fingerprint density at radius 1 is 1.20 bits per heavy atom. The first kappa shape index (κ1) is 21.7. The van der Waals surface area contributed by atoms with Gasteiger partial charge in [0.25, 0.3) is 5.91 Å². The molecule has 1 fully saturated rings. The fraction of sp³-hybridized carbons (Fsp3) is 0.333. The van der Waals surface area contributed by atoms with Crippen LogP contribution in [0.15, 0.2) is 48.0 Å². The molecule has 2 aromatic carbocycles. The molecule has 1 aliphatic carbocycles. The van der Waals surface area contributed by atoms with Gasteiger partial charge in [-0.05, 0) is 42.7 Å². The predicted octanol–water partition coefficient (Wildman–Crippen LogP) is 5.28. The third-order valence-electron chi connectivity index (χ3n) is 5.15. The number of hydrogen-bond acceptors (Lipinski definition) is 4. The van der Waals surface area contributed by atoms with Crippen molar-refractivity contribution in [2.24, 2.45) is 0 Å². The Labute approximate surface area is 182 Å². The predicted molar refractivity (Wildman–Crippen MR) is 117 cm³/mol. The molecule has 0 saturated heterocycles. The van der Waals surface area contributed by atoms with Crippen molar-refractivity contribution < 1.29 is 14.3 Å². The van der Waals surface area contributed by atoms with E-state index in [1.807, 2.05) is 30.3 Å². The van der Waals surface area contributed by atoms with E-state index in [4.69, 9.17) is 21.1 Å².